The first-order valence-corrected chi connectivity index (χ1v) is 9.51. The molecule has 3 aromatic rings. The third-order valence-corrected chi connectivity index (χ3v) is 6.94. The Labute approximate surface area is 140 Å². The van der Waals surface area contributed by atoms with E-state index in [9.17, 15) is 8.42 Å². The van der Waals surface area contributed by atoms with Crippen molar-refractivity contribution < 1.29 is 8.42 Å². The number of rotatable bonds is 5. The molecule has 3 rings (SSSR count). The number of benzene rings is 1. The second kappa shape index (κ2) is 6.18. The molecule has 118 valence electrons. The van der Waals surface area contributed by atoms with Gasteiger partial charge < -0.3 is 0 Å². The first-order chi connectivity index (χ1) is 11.0. The smallest absolute Gasteiger partial charge is 0.249 e. The Morgan fingerprint density at radius 3 is 2.35 bits per heavy atom. The molecule has 0 aliphatic rings. The van der Waals surface area contributed by atoms with Crippen LogP contribution in [0.25, 0.3) is 10.4 Å². The van der Waals surface area contributed by atoms with Crippen LogP contribution in [0.15, 0.2) is 73.6 Å². The SMILES string of the molecule is C=CC(c1ccc(-c2ccc(C)cc2)s1)S(=O)(=O)n1cccc1. The van der Waals surface area contributed by atoms with E-state index in [4.69, 9.17) is 0 Å². The van der Waals surface area contributed by atoms with Crippen LogP contribution in [0.5, 0.6) is 0 Å². The minimum absolute atomic E-state index is 0.751. The molecular weight excluding hydrogens is 326 g/mol. The van der Waals surface area contributed by atoms with E-state index in [0.717, 1.165) is 15.3 Å². The Hall–Kier alpha value is -2.11. The van der Waals surface area contributed by atoms with E-state index in [2.05, 4.69) is 18.7 Å². The van der Waals surface area contributed by atoms with Crippen molar-refractivity contribution in [2.75, 3.05) is 0 Å². The molecule has 0 aliphatic carbocycles. The van der Waals surface area contributed by atoms with Crippen molar-refractivity contribution in [3.05, 3.63) is 84.0 Å². The molecule has 1 aromatic carbocycles. The topological polar surface area (TPSA) is 39.1 Å². The predicted octanol–water partition coefficient (Wildman–Crippen LogP) is 4.63. The van der Waals surface area contributed by atoms with Gasteiger partial charge in [0.25, 0.3) is 0 Å². The van der Waals surface area contributed by atoms with Crippen molar-refractivity contribution in [2.45, 2.75) is 12.2 Å². The normalized spacial score (nSPS) is 12.9. The van der Waals surface area contributed by atoms with Crippen molar-refractivity contribution in [1.82, 2.24) is 3.97 Å². The molecule has 0 fully saturated rings. The maximum absolute atomic E-state index is 12.7. The number of thiophene rings is 1. The molecule has 23 heavy (non-hydrogen) atoms. The molecule has 0 amide bonds. The molecule has 0 aliphatic heterocycles. The highest BCUT2D eigenvalue weighted by molar-refractivity contribution is 7.90. The lowest BCUT2D eigenvalue weighted by molar-refractivity contribution is 0.582. The predicted molar refractivity (Wildman–Crippen MR) is 96.2 cm³/mol. The molecule has 0 saturated heterocycles. The summed E-state index contributed by atoms with van der Waals surface area (Å²) in [5.74, 6) is 0. The summed E-state index contributed by atoms with van der Waals surface area (Å²) in [4.78, 5) is 1.82. The first-order valence-electron chi connectivity index (χ1n) is 7.19. The van der Waals surface area contributed by atoms with Gasteiger partial charge in [-0.05, 0) is 36.8 Å². The van der Waals surface area contributed by atoms with E-state index in [1.807, 2.05) is 31.2 Å². The first kappa shape index (κ1) is 15.8. The summed E-state index contributed by atoms with van der Waals surface area (Å²) in [7, 11) is -3.53. The van der Waals surface area contributed by atoms with Crippen LogP contribution in [0, 0.1) is 6.92 Å². The molecule has 1 atom stereocenters. The molecule has 0 saturated carbocycles. The summed E-state index contributed by atoms with van der Waals surface area (Å²) in [6.45, 7) is 5.76. The number of aromatic nitrogens is 1. The van der Waals surface area contributed by atoms with E-state index < -0.39 is 15.3 Å². The van der Waals surface area contributed by atoms with Gasteiger partial charge in [-0.1, -0.05) is 35.9 Å². The van der Waals surface area contributed by atoms with Crippen LogP contribution >= 0.6 is 11.3 Å². The largest absolute Gasteiger partial charge is 0.252 e. The standard InChI is InChI=1S/C18H17NO2S2/c1-3-18(23(20,21)19-12-4-5-13-19)17-11-10-16(22-17)15-8-6-14(2)7-9-15/h3-13,18H,1H2,2H3. The van der Waals surface area contributed by atoms with E-state index in [-0.39, 0.29) is 0 Å². The highest BCUT2D eigenvalue weighted by atomic mass is 32.2. The summed E-state index contributed by atoms with van der Waals surface area (Å²) in [6, 6.07) is 15.4. The van der Waals surface area contributed by atoms with Gasteiger partial charge in [0.1, 0.15) is 5.25 Å². The van der Waals surface area contributed by atoms with Gasteiger partial charge in [0, 0.05) is 22.1 Å². The van der Waals surface area contributed by atoms with E-state index >= 15 is 0 Å². The van der Waals surface area contributed by atoms with Crippen LogP contribution in [0.3, 0.4) is 0 Å². The molecule has 5 heteroatoms. The lowest BCUT2D eigenvalue weighted by atomic mass is 10.1. The Morgan fingerprint density at radius 1 is 1.09 bits per heavy atom. The number of nitrogens with zero attached hydrogens (tertiary/aromatic N) is 1. The Bertz CT molecular complexity index is 904. The van der Waals surface area contributed by atoms with E-state index in [0.29, 0.717) is 0 Å². The fraction of sp³-hybridized carbons (Fsp3) is 0.111. The maximum Gasteiger partial charge on any atom is 0.249 e. The second-order valence-electron chi connectivity index (χ2n) is 5.28. The minimum Gasteiger partial charge on any atom is -0.252 e. The summed E-state index contributed by atoms with van der Waals surface area (Å²) >= 11 is 1.48. The van der Waals surface area contributed by atoms with Gasteiger partial charge in [0.15, 0.2) is 0 Å². The molecular formula is C18H17NO2S2. The van der Waals surface area contributed by atoms with Crippen LogP contribution < -0.4 is 0 Å². The summed E-state index contributed by atoms with van der Waals surface area (Å²) in [6.07, 6.45) is 4.57. The van der Waals surface area contributed by atoms with Crippen LogP contribution in [-0.4, -0.2) is 12.4 Å². The number of hydrogen-bond acceptors (Lipinski definition) is 3. The van der Waals surface area contributed by atoms with Crippen molar-refractivity contribution in [3.8, 4) is 10.4 Å². The average Bonchev–Trinajstić information content (AvgIpc) is 3.20. The van der Waals surface area contributed by atoms with Gasteiger partial charge in [-0.3, -0.25) is 3.97 Å². The highest BCUT2D eigenvalue weighted by Crippen LogP contribution is 2.36. The molecule has 0 N–H and O–H groups in total. The second-order valence-corrected chi connectivity index (χ2v) is 8.36. The third-order valence-electron chi connectivity index (χ3n) is 3.65. The molecule has 1 unspecified atom stereocenters. The maximum atomic E-state index is 12.7. The molecule has 2 aromatic heterocycles. The molecule has 0 radical (unpaired) electrons. The molecule has 0 bridgehead atoms. The van der Waals surface area contributed by atoms with Crippen LogP contribution in [0.4, 0.5) is 0 Å². The molecule has 3 nitrogen and oxygen atoms in total. The zero-order valence-corrected chi connectivity index (χ0v) is 14.3. The van der Waals surface area contributed by atoms with Crippen LogP contribution in [0.1, 0.15) is 15.7 Å². The Kier molecular flexibility index (Phi) is 4.24. The van der Waals surface area contributed by atoms with Gasteiger partial charge >= 0.3 is 0 Å². The average molecular weight is 343 g/mol. The zero-order valence-electron chi connectivity index (χ0n) is 12.7. The van der Waals surface area contributed by atoms with Crippen molar-refractivity contribution in [1.29, 1.82) is 0 Å². The Morgan fingerprint density at radius 2 is 1.74 bits per heavy atom. The van der Waals surface area contributed by atoms with Gasteiger partial charge in [-0.2, -0.15) is 0 Å². The monoisotopic (exact) mass is 343 g/mol. The summed E-state index contributed by atoms with van der Waals surface area (Å²) < 4.78 is 26.7. The fourth-order valence-corrected chi connectivity index (χ4v) is 5.24. The van der Waals surface area contributed by atoms with E-state index in [1.165, 1.54) is 26.9 Å². The van der Waals surface area contributed by atoms with Crippen molar-refractivity contribution in [2.24, 2.45) is 0 Å². The quantitative estimate of drug-likeness (QED) is 0.634. The highest BCUT2D eigenvalue weighted by Gasteiger charge is 2.27. The molecule has 2 heterocycles. The van der Waals surface area contributed by atoms with Crippen LogP contribution in [0.2, 0.25) is 0 Å². The third kappa shape index (κ3) is 3.02. The van der Waals surface area contributed by atoms with Gasteiger partial charge in [-0.15, -0.1) is 17.9 Å². The fourth-order valence-electron chi connectivity index (χ4n) is 2.38. The van der Waals surface area contributed by atoms with Crippen LogP contribution in [-0.2, 0) is 10.0 Å². The lowest BCUT2D eigenvalue weighted by Crippen LogP contribution is -2.17. The summed E-state index contributed by atoms with van der Waals surface area (Å²) in [5, 5.41) is -0.751. The van der Waals surface area contributed by atoms with Gasteiger partial charge in [-0.25, -0.2) is 8.42 Å². The molecule has 0 spiro atoms. The Balaban J connectivity index is 1.98. The van der Waals surface area contributed by atoms with Crippen molar-refractivity contribution in [3.63, 3.8) is 0 Å². The van der Waals surface area contributed by atoms with Crippen molar-refractivity contribution >= 4 is 21.4 Å². The minimum atomic E-state index is -3.53. The zero-order chi connectivity index (χ0) is 16.4. The lowest BCUT2D eigenvalue weighted by Gasteiger charge is -2.13. The number of hydrogen-bond donors (Lipinski definition) is 0. The van der Waals surface area contributed by atoms with E-state index in [1.54, 1.807) is 24.5 Å². The van der Waals surface area contributed by atoms with Gasteiger partial charge in [0.2, 0.25) is 10.0 Å². The number of aryl methyl sites for hydroxylation is 1. The summed E-state index contributed by atoms with van der Waals surface area (Å²) in [5.41, 5.74) is 2.29. The van der Waals surface area contributed by atoms with Gasteiger partial charge in [0.05, 0.1) is 0 Å².